The second-order valence-electron chi connectivity index (χ2n) is 5.04. The molecule has 0 bridgehead atoms. The van der Waals surface area contributed by atoms with Gasteiger partial charge in [-0.3, -0.25) is 0 Å². The molecule has 0 spiro atoms. The smallest absolute Gasteiger partial charge is 0.358 e. The van der Waals surface area contributed by atoms with Crippen molar-refractivity contribution in [3.8, 4) is 11.3 Å². The number of nitrogen functional groups attached to an aromatic ring is 1. The van der Waals surface area contributed by atoms with E-state index in [0.29, 0.717) is 5.56 Å². The molecule has 0 aliphatic heterocycles. The normalized spacial score (nSPS) is 11.0. The van der Waals surface area contributed by atoms with E-state index in [1.54, 1.807) is 12.1 Å². The highest BCUT2D eigenvalue weighted by Crippen LogP contribution is 2.33. The van der Waals surface area contributed by atoms with Crippen LogP contribution in [-0.4, -0.2) is 22.6 Å². The molecule has 0 aliphatic rings. The van der Waals surface area contributed by atoms with Crippen molar-refractivity contribution in [3.63, 3.8) is 0 Å². The largest absolute Gasteiger partial charge is 0.464 e. The number of benzene rings is 1. The molecule has 5 nitrogen and oxygen atoms in total. The van der Waals surface area contributed by atoms with E-state index in [1.165, 1.54) is 7.11 Å². The van der Waals surface area contributed by atoms with Crippen LogP contribution in [0.3, 0.4) is 0 Å². The van der Waals surface area contributed by atoms with Crippen molar-refractivity contribution in [2.24, 2.45) is 7.05 Å². The van der Waals surface area contributed by atoms with Gasteiger partial charge in [-0.05, 0) is 17.5 Å². The second-order valence-corrected chi connectivity index (χ2v) is 5.42. The molecule has 0 unspecified atom stereocenters. The summed E-state index contributed by atoms with van der Waals surface area (Å²) in [6, 6.07) is 7.27. The monoisotopic (exact) mass is 333 g/mol. The number of aryl methyl sites for hydroxylation is 1. The molecule has 0 aliphatic carbocycles. The lowest BCUT2D eigenvalue weighted by Gasteiger charge is -2.11. The van der Waals surface area contributed by atoms with Crippen LogP contribution >= 0.6 is 11.6 Å². The van der Waals surface area contributed by atoms with Gasteiger partial charge in [0.05, 0.1) is 17.8 Å². The van der Waals surface area contributed by atoms with Gasteiger partial charge in [-0.2, -0.15) is 0 Å². The number of carbonyl (C=O) groups is 1. The number of ether oxygens (including phenoxy) is 1. The molecular formula is C16H13ClFN3O2. The molecule has 2 aromatic heterocycles. The standard InChI is InChI=1S/C16H13ClFN3O2/c1-21-6-5-8-3-4-9(7-10(8)21)14-12(18)13(19)11(17)15(20-14)16(22)23-2/h3-7H,1-2H3,(H2,19,20). The minimum atomic E-state index is -0.775. The Hall–Kier alpha value is -2.60. The minimum Gasteiger partial charge on any atom is -0.464 e. The van der Waals surface area contributed by atoms with E-state index in [9.17, 15) is 9.18 Å². The third kappa shape index (κ3) is 2.41. The number of nitrogens with zero attached hydrogens (tertiary/aromatic N) is 2. The number of pyridine rings is 1. The van der Waals surface area contributed by atoms with E-state index in [4.69, 9.17) is 17.3 Å². The number of aromatic nitrogens is 2. The SMILES string of the molecule is COC(=O)c1nc(-c2ccc3ccn(C)c3c2)c(F)c(N)c1Cl. The Bertz CT molecular complexity index is 937. The summed E-state index contributed by atoms with van der Waals surface area (Å²) in [4.78, 5) is 15.8. The van der Waals surface area contributed by atoms with Crippen molar-refractivity contribution >= 4 is 34.2 Å². The number of nitrogens with two attached hydrogens (primary N) is 1. The van der Waals surface area contributed by atoms with Crippen LogP contribution in [0.1, 0.15) is 10.5 Å². The number of carbonyl (C=O) groups excluding carboxylic acids is 1. The third-order valence-corrected chi connectivity index (χ3v) is 4.04. The molecule has 7 heteroatoms. The quantitative estimate of drug-likeness (QED) is 0.730. The maximum Gasteiger partial charge on any atom is 0.358 e. The number of rotatable bonds is 2. The van der Waals surface area contributed by atoms with Gasteiger partial charge in [0.25, 0.3) is 0 Å². The molecule has 3 rings (SSSR count). The number of methoxy groups -OCH3 is 1. The molecule has 2 N–H and O–H groups in total. The Morgan fingerprint density at radius 3 is 2.83 bits per heavy atom. The van der Waals surface area contributed by atoms with Crippen LogP contribution in [0.4, 0.5) is 10.1 Å². The van der Waals surface area contributed by atoms with E-state index in [0.717, 1.165) is 10.9 Å². The Kier molecular flexibility index (Phi) is 3.69. The molecule has 0 amide bonds. The van der Waals surface area contributed by atoms with Gasteiger partial charge >= 0.3 is 5.97 Å². The first-order chi connectivity index (χ1) is 10.9. The number of halogens is 2. The third-order valence-electron chi connectivity index (χ3n) is 3.65. The Morgan fingerprint density at radius 2 is 2.13 bits per heavy atom. The van der Waals surface area contributed by atoms with E-state index < -0.39 is 11.8 Å². The molecule has 3 aromatic rings. The van der Waals surface area contributed by atoms with Gasteiger partial charge < -0.3 is 15.0 Å². The lowest BCUT2D eigenvalue weighted by atomic mass is 10.1. The zero-order chi connectivity index (χ0) is 16.7. The van der Waals surface area contributed by atoms with Gasteiger partial charge in [0.1, 0.15) is 5.69 Å². The molecule has 0 fully saturated rings. The summed E-state index contributed by atoms with van der Waals surface area (Å²) in [6.07, 6.45) is 1.90. The zero-order valence-electron chi connectivity index (χ0n) is 12.4. The Labute approximate surface area is 136 Å². The van der Waals surface area contributed by atoms with Crippen LogP contribution in [0.25, 0.3) is 22.2 Å². The van der Waals surface area contributed by atoms with Crippen molar-refractivity contribution in [1.82, 2.24) is 9.55 Å². The summed E-state index contributed by atoms with van der Waals surface area (Å²) >= 11 is 5.90. The molecule has 1 aromatic carbocycles. The first kappa shape index (κ1) is 15.3. The van der Waals surface area contributed by atoms with Gasteiger partial charge in [-0.1, -0.05) is 23.7 Å². The maximum atomic E-state index is 14.5. The van der Waals surface area contributed by atoms with Crippen molar-refractivity contribution < 1.29 is 13.9 Å². The molecule has 2 heterocycles. The van der Waals surface area contributed by atoms with Gasteiger partial charge in [0.2, 0.25) is 0 Å². The van der Waals surface area contributed by atoms with Crippen LogP contribution in [-0.2, 0) is 11.8 Å². The van der Waals surface area contributed by atoms with E-state index in [2.05, 4.69) is 9.72 Å². The highest BCUT2D eigenvalue weighted by Gasteiger charge is 2.23. The van der Waals surface area contributed by atoms with Crippen LogP contribution < -0.4 is 5.73 Å². The molecule has 0 atom stereocenters. The molecule has 118 valence electrons. The van der Waals surface area contributed by atoms with E-state index in [-0.39, 0.29) is 22.1 Å². The fourth-order valence-electron chi connectivity index (χ4n) is 2.39. The van der Waals surface area contributed by atoms with Crippen LogP contribution in [0.2, 0.25) is 5.02 Å². The average molecular weight is 334 g/mol. The highest BCUT2D eigenvalue weighted by molar-refractivity contribution is 6.35. The summed E-state index contributed by atoms with van der Waals surface area (Å²) < 4.78 is 21.0. The summed E-state index contributed by atoms with van der Waals surface area (Å²) in [5.74, 6) is -1.54. The Balaban J connectivity index is 2.26. The fraction of sp³-hybridized carbons (Fsp3) is 0.125. The van der Waals surface area contributed by atoms with Gasteiger partial charge in [0.15, 0.2) is 11.5 Å². The number of fused-ring (bicyclic) bond motifs is 1. The molecule has 0 saturated heterocycles. The molecule has 23 heavy (non-hydrogen) atoms. The summed E-state index contributed by atoms with van der Waals surface area (Å²) in [5, 5.41) is 0.754. The van der Waals surface area contributed by atoms with Crippen LogP contribution in [0.15, 0.2) is 30.5 Å². The number of hydrogen-bond acceptors (Lipinski definition) is 4. The van der Waals surface area contributed by atoms with Gasteiger partial charge in [-0.15, -0.1) is 0 Å². The lowest BCUT2D eigenvalue weighted by molar-refractivity contribution is 0.0594. The summed E-state index contributed by atoms with van der Waals surface area (Å²) in [6.45, 7) is 0. The van der Waals surface area contributed by atoms with E-state index in [1.807, 2.05) is 29.9 Å². The fourth-order valence-corrected chi connectivity index (χ4v) is 2.60. The topological polar surface area (TPSA) is 70.1 Å². The number of anilines is 1. The van der Waals surface area contributed by atoms with Crippen LogP contribution in [0.5, 0.6) is 0 Å². The molecular weight excluding hydrogens is 321 g/mol. The zero-order valence-corrected chi connectivity index (χ0v) is 13.2. The van der Waals surface area contributed by atoms with Crippen molar-refractivity contribution in [3.05, 3.63) is 47.0 Å². The van der Waals surface area contributed by atoms with Crippen molar-refractivity contribution in [2.45, 2.75) is 0 Å². The summed E-state index contributed by atoms with van der Waals surface area (Å²) in [5.41, 5.74) is 6.48. The highest BCUT2D eigenvalue weighted by atomic mass is 35.5. The van der Waals surface area contributed by atoms with Crippen molar-refractivity contribution in [1.29, 1.82) is 0 Å². The summed E-state index contributed by atoms with van der Waals surface area (Å²) in [7, 11) is 3.07. The van der Waals surface area contributed by atoms with E-state index >= 15 is 0 Å². The Morgan fingerprint density at radius 1 is 1.39 bits per heavy atom. The molecule has 0 radical (unpaired) electrons. The predicted octanol–water partition coefficient (Wildman–Crippen LogP) is 3.40. The first-order valence-electron chi connectivity index (χ1n) is 6.72. The maximum absolute atomic E-state index is 14.5. The number of hydrogen-bond donors (Lipinski definition) is 1. The first-order valence-corrected chi connectivity index (χ1v) is 7.10. The van der Waals surface area contributed by atoms with Gasteiger partial charge in [-0.25, -0.2) is 14.2 Å². The van der Waals surface area contributed by atoms with Crippen molar-refractivity contribution in [2.75, 3.05) is 12.8 Å². The second kappa shape index (κ2) is 5.55. The van der Waals surface area contributed by atoms with Crippen LogP contribution in [0, 0.1) is 5.82 Å². The molecule has 0 saturated carbocycles. The lowest BCUT2D eigenvalue weighted by Crippen LogP contribution is -2.10. The van der Waals surface area contributed by atoms with Gasteiger partial charge in [0, 0.05) is 24.3 Å². The predicted molar refractivity (Wildman–Crippen MR) is 86.9 cm³/mol. The number of esters is 1. The minimum absolute atomic E-state index is 0.0459. The average Bonchev–Trinajstić information content (AvgIpc) is 2.93.